The van der Waals surface area contributed by atoms with Gasteiger partial charge in [0.25, 0.3) is 5.91 Å². The monoisotopic (exact) mass is 372 g/mol. The fraction of sp³-hybridized carbons (Fsp3) is 0.368. The molecule has 7 heteroatoms. The average Bonchev–Trinajstić information content (AvgIpc) is 3.22. The van der Waals surface area contributed by atoms with Gasteiger partial charge in [-0.05, 0) is 42.8 Å². The van der Waals surface area contributed by atoms with E-state index < -0.39 is 6.04 Å². The van der Waals surface area contributed by atoms with Crippen molar-refractivity contribution in [1.29, 1.82) is 0 Å². The lowest BCUT2D eigenvalue weighted by molar-refractivity contribution is -0.121. The second-order valence-corrected chi connectivity index (χ2v) is 7.28. The summed E-state index contributed by atoms with van der Waals surface area (Å²) < 4.78 is 11.1. The normalized spacial score (nSPS) is 19.1. The Balaban J connectivity index is 1.49. The van der Waals surface area contributed by atoms with Gasteiger partial charge in [0.2, 0.25) is 5.91 Å². The first-order valence-corrected chi connectivity index (χ1v) is 9.65. The number of hydrogen-bond acceptors (Lipinski definition) is 5. The van der Waals surface area contributed by atoms with E-state index in [1.807, 2.05) is 11.4 Å². The van der Waals surface area contributed by atoms with Crippen LogP contribution in [-0.4, -0.2) is 42.5 Å². The third-order valence-electron chi connectivity index (χ3n) is 4.61. The minimum absolute atomic E-state index is 0.0676. The second kappa shape index (κ2) is 7.37. The van der Waals surface area contributed by atoms with E-state index in [-0.39, 0.29) is 11.8 Å². The number of benzene rings is 1. The van der Waals surface area contributed by atoms with Crippen LogP contribution in [0.2, 0.25) is 0 Å². The zero-order valence-corrected chi connectivity index (χ0v) is 15.1. The lowest BCUT2D eigenvalue weighted by Crippen LogP contribution is -2.49. The molecule has 1 N–H and O–H groups in total. The maximum atomic E-state index is 12.8. The summed E-state index contributed by atoms with van der Waals surface area (Å²) in [5.74, 6) is 1.08. The van der Waals surface area contributed by atoms with Gasteiger partial charge >= 0.3 is 0 Å². The van der Waals surface area contributed by atoms with Crippen LogP contribution in [0.3, 0.4) is 0 Å². The van der Waals surface area contributed by atoms with Crippen LogP contribution in [0.1, 0.15) is 28.9 Å². The molecule has 2 aromatic rings. The number of carbonyl (C=O) groups excluding carboxylic acids is 2. The van der Waals surface area contributed by atoms with Crippen LogP contribution in [0.25, 0.3) is 0 Å². The number of thiophene rings is 1. The zero-order chi connectivity index (χ0) is 17.9. The number of nitrogens with zero attached hydrogens (tertiary/aromatic N) is 1. The zero-order valence-electron chi connectivity index (χ0n) is 14.3. The van der Waals surface area contributed by atoms with Gasteiger partial charge in [-0.25, -0.2) is 0 Å². The van der Waals surface area contributed by atoms with Crippen molar-refractivity contribution in [3.05, 3.63) is 40.6 Å². The fourth-order valence-corrected chi connectivity index (χ4v) is 4.01. The quantitative estimate of drug-likeness (QED) is 0.899. The third kappa shape index (κ3) is 3.39. The number of nitrogens with one attached hydrogen (secondary N) is 1. The van der Waals surface area contributed by atoms with E-state index in [0.717, 1.165) is 12.8 Å². The van der Waals surface area contributed by atoms with Crippen LogP contribution >= 0.6 is 11.3 Å². The predicted octanol–water partition coefficient (Wildman–Crippen LogP) is 3.15. The van der Waals surface area contributed by atoms with E-state index in [4.69, 9.17) is 9.47 Å². The minimum atomic E-state index is -0.452. The molecule has 136 valence electrons. The second-order valence-electron chi connectivity index (χ2n) is 6.34. The predicted molar refractivity (Wildman–Crippen MR) is 99.1 cm³/mol. The smallest absolute Gasteiger partial charge is 0.264 e. The van der Waals surface area contributed by atoms with Gasteiger partial charge in [0.15, 0.2) is 11.5 Å². The number of anilines is 1. The molecule has 1 fully saturated rings. The number of carbonyl (C=O) groups is 2. The minimum Gasteiger partial charge on any atom is -0.486 e. The molecule has 0 unspecified atom stereocenters. The molecular weight excluding hydrogens is 352 g/mol. The van der Waals surface area contributed by atoms with Crippen LogP contribution < -0.4 is 14.8 Å². The molecule has 2 amide bonds. The Kier molecular flexibility index (Phi) is 4.79. The number of rotatable bonds is 3. The summed E-state index contributed by atoms with van der Waals surface area (Å²) >= 11 is 1.40. The topological polar surface area (TPSA) is 67.9 Å². The van der Waals surface area contributed by atoms with Gasteiger partial charge in [0.1, 0.15) is 19.3 Å². The van der Waals surface area contributed by atoms with Gasteiger partial charge in [-0.2, -0.15) is 0 Å². The molecule has 1 saturated heterocycles. The molecule has 0 spiro atoms. The highest BCUT2D eigenvalue weighted by molar-refractivity contribution is 7.12. The van der Waals surface area contributed by atoms with Crippen LogP contribution in [0, 0.1) is 0 Å². The molecule has 1 atom stereocenters. The first-order chi connectivity index (χ1) is 12.7. The van der Waals surface area contributed by atoms with Crippen LogP contribution in [0.5, 0.6) is 11.5 Å². The van der Waals surface area contributed by atoms with Gasteiger partial charge in [-0.3, -0.25) is 9.59 Å². The Labute approximate surface area is 155 Å². The summed E-state index contributed by atoms with van der Waals surface area (Å²) in [5, 5.41) is 4.80. The first kappa shape index (κ1) is 16.9. The summed E-state index contributed by atoms with van der Waals surface area (Å²) in [4.78, 5) is 28.0. The largest absolute Gasteiger partial charge is 0.486 e. The molecule has 2 aliphatic rings. The molecule has 26 heavy (non-hydrogen) atoms. The molecule has 0 bridgehead atoms. The van der Waals surface area contributed by atoms with Crippen molar-refractivity contribution in [3.63, 3.8) is 0 Å². The van der Waals surface area contributed by atoms with Crippen molar-refractivity contribution < 1.29 is 19.1 Å². The number of hydrogen-bond donors (Lipinski definition) is 1. The molecule has 6 nitrogen and oxygen atoms in total. The maximum Gasteiger partial charge on any atom is 0.264 e. The average molecular weight is 372 g/mol. The highest BCUT2D eigenvalue weighted by Gasteiger charge is 2.33. The molecule has 0 radical (unpaired) electrons. The van der Waals surface area contributed by atoms with E-state index in [9.17, 15) is 9.59 Å². The Morgan fingerprint density at radius 1 is 1.12 bits per heavy atom. The summed E-state index contributed by atoms with van der Waals surface area (Å²) in [6.45, 7) is 1.63. The van der Waals surface area contributed by atoms with Crippen molar-refractivity contribution in [2.24, 2.45) is 0 Å². The van der Waals surface area contributed by atoms with Crippen molar-refractivity contribution in [3.8, 4) is 11.5 Å². The number of amides is 2. The molecule has 4 rings (SSSR count). The lowest BCUT2D eigenvalue weighted by atomic mass is 10.0. The van der Waals surface area contributed by atoms with Crippen LogP contribution in [-0.2, 0) is 4.79 Å². The van der Waals surface area contributed by atoms with E-state index in [1.54, 1.807) is 29.2 Å². The lowest BCUT2D eigenvalue weighted by Gasteiger charge is -2.34. The highest BCUT2D eigenvalue weighted by Crippen LogP contribution is 2.33. The Hall–Kier alpha value is -2.54. The number of likely N-dealkylation sites (tertiary alicyclic amines) is 1. The van der Waals surface area contributed by atoms with E-state index >= 15 is 0 Å². The van der Waals surface area contributed by atoms with Gasteiger partial charge < -0.3 is 19.7 Å². The summed E-state index contributed by atoms with van der Waals surface area (Å²) in [7, 11) is 0. The van der Waals surface area contributed by atoms with Crippen molar-refractivity contribution in [1.82, 2.24) is 4.90 Å². The van der Waals surface area contributed by atoms with Gasteiger partial charge in [-0.1, -0.05) is 6.07 Å². The molecule has 3 heterocycles. The Bertz CT molecular complexity index is 806. The summed E-state index contributed by atoms with van der Waals surface area (Å²) in [5.41, 5.74) is 0.647. The fourth-order valence-electron chi connectivity index (χ4n) is 3.34. The molecular formula is C19H20N2O4S. The molecule has 0 saturated carbocycles. The SMILES string of the molecule is O=C(Nc1ccc2c(c1)OCCO2)[C@H]1CCCCN1C(=O)c1cccs1. The molecule has 2 aliphatic heterocycles. The van der Waals surface area contributed by atoms with Gasteiger partial charge in [0, 0.05) is 18.3 Å². The molecule has 1 aromatic carbocycles. The Morgan fingerprint density at radius 2 is 1.96 bits per heavy atom. The van der Waals surface area contributed by atoms with Gasteiger partial charge in [0.05, 0.1) is 4.88 Å². The third-order valence-corrected chi connectivity index (χ3v) is 5.47. The molecule has 0 aliphatic carbocycles. The van der Waals surface area contributed by atoms with E-state index in [0.29, 0.717) is 48.2 Å². The van der Waals surface area contributed by atoms with Crippen molar-refractivity contribution >= 4 is 28.8 Å². The number of piperidine rings is 1. The van der Waals surface area contributed by atoms with E-state index in [1.165, 1.54) is 11.3 Å². The van der Waals surface area contributed by atoms with Crippen molar-refractivity contribution in [2.75, 3.05) is 25.1 Å². The molecule has 1 aromatic heterocycles. The summed E-state index contributed by atoms with van der Waals surface area (Å²) in [6, 6.07) is 8.55. The Morgan fingerprint density at radius 3 is 2.77 bits per heavy atom. The van der Waals surface area contributed by atoms with Crippen LogP contribution in [0.15, 0.2) is 35.7 Å². The first-order valence-electron chi connectivity index (χ1n) is 8.77. The number of fused-ring (bicyclic) bond motifs is 1. The van der Waals surface area contributed by atoms with Crippen LogP contribution in [0.4, 0.5) is 5.69 Å². The van der Waals surface area contributed by atoms with Gasteiger partial charge in [-0.15, -0.1) is 11.3 Å². The standard InChI is InChI=1S/C19H20N2O4S/c22-18(20-13-6-7-15-16(12-13)25-10-9-24-15)14-4-1-2-8-21(14)19(23)17-5-3-11-26-17/h3,5-7,11-12,14H,1-2,4,8-10H2,(H,20,22)/t14-/m1/s1. The summed E-state index contributed by atoms with van der Waals surface area (Å²) in [6.07, 6.45) is 2.53. The van der Waals surface area contributed by atoms with Crippen molar-refractivity contribution in [2.45, 2.75) is 25.3 Å². The highest BCUT2D eigenvalue weighted by atomic mass is 32.1. The number of ether oxygens (including phenoxy) is 2. The van der Waals surface area contributed by atoms with E-state index in [2.05, 4.69) is 5.32 Å². The maximum absolute atomic E-state index is 12.8.